The normalized spacial score (nSPS) is 27.7. The number of likely N-dealkylation sites (tertiary alicyclic amines) is 1. The van der Waals surface area contributed by atoms with E-state index < -0.39 is 17.5 Å². The molecule has 1 aromatic heterocycles. The number of hydrogen-bond acceptors (Lipinski definition) is 6. The zero-order valence-electron chi connectivity index (χ0n) is 15.9. The van der Waals surface area contributed by atoms with Crippen LogP contribution in [-0.4, -0.2) is 70.5 Å². The summed E-state index contributed by atoms with van der Waals surface area (Å²) in [6.45, 7) is 3.30. The van der Waals surface area contributed by atoms with Gasteiger partial charge in [0.05, 0.1) is 6.61 Å². The van der Waals surface area contributed by atoms with Crippen LogP contribution < -0.4 is 4.90 Å². The molecule has 0 amide bonds. The molecule has 2 aliphatic heterocycles. The third-order valence-corrected chi connectivity index (χ3v) is 5.92. The average Bonchev–Trinajstić information content (AvgIpc) is 3.48. The quantitative estimate of drug-likeness (QED) is 0.820. The highest BCUT2D eigenvalue weighted by Gasteiger charge is 2.40. The van der Waals surface area contributed by atoms with Gasteiger partial charge in [0.15, 0.2) is 0 Å². The second kappa shape index (κ2) is 7.76. The monoisotopic (exact) mass is 400 g/mol. The number of anilines is 1. The number of piperidine rings is 1. The number of aliphatic hydroxyl groups is 1. The van der Waals surface area contributed by atoms with Crippen LogP contribution >= 0.6 is 0 Å². The summed E-state index contributed by atoms with van der Waals surface area (Å²) in [5.41, 5.74) is -1.67. The van der Waals surface area contributed by atoms with Gasteiger partial charge in [0.25, 0.3) is 0 Å². The van der Waals surface area contributed by atoms with Crippen molar-refractivity contribution in [2.24, 2.45) is 0 Å². The SMILES string of the molecule is OC1(CN2CCC(N(c3cc(C(F)(F)F)ncn3)C3CC3)CC2)CCCOC1. The van der Waals surface area contributed by atoms with Gasteiger partial charge in [-0.3, -0.25) is 0 Å². The Morgan fingerprint density at radius 2 is 1.89 bits per heavy atom. The first-order valence-electron chi connectivity index (χ1n) is 10.0. The zero-order valence-corrected chi connectivity index (χ0v) is 15.9. The molecular weight excluding hydrogens is 373 g/mol. The first-order chi connectivity index (χ1) is 13.3. The van der Waals surface area contributed by atoms with Gasteiger partial charge < -0.3 is 19.6 Å². The molecule has 1 atom stereocenters. The van der Waals surface area contributed by atoms with Crippen LogP contribution in [0.1, 0.15) is 44.2 Å². The number of aromatic nitrogens is 2. The van der Waals surface area contributed by atoms with Gasteiger partial charge in [0.1, 0.15) is 23.4 Å². The van der Waals surface area contributed by atoms with Crippen LogP contribution in [-0.2, 0) is 10.9 Å². The van der Waals surface area contributed by atoms with E-state index >= 15 is 0 Å². The molecule has 4 rings (SSSR count). The topological polar surface area (TPSA) is 61.7 Å². The molecule has 0 bridgehead atoms. The van der Waals surface area contributed by atoms with Gasteiger partial charge in [-0.05, 0) is 38.5 Å². The maximum absolute atomic E-state index is 13.1. The lowest BCUT2D eigenvalue weighted by Gasteiger charge is -2.42. The molecule has 28 heavy (non-hydrogen) atoms. The van der Waals surface area contributed by atoms with Crippen molar-refractivity contribution in [2.75, 3.05) is 37.7 Å². The highest BCUT2D eigenvalue weighted by molar-refractivity contribution is 5.44. The predicted octanol–water partition coefficient (Wildman–Crippen LogP) is 2.47. The van der Waals surface area contributed by atoms with Gasteiger partial charge in [-0.2, -0.15) is 13.2 Å². The largest absolute Gasteiger partial charge is 0.433 e. The lowest BCUT2D eigenvalue weighted by Crippen LogP contribution is -2.53. The summed E-state index contributed by atoms with van der Waals surface area (Å²) in [4.78, 5) is 11.9. The number of alkyl halides is 3. The molecule has 0 radical (unpaired) electrons. The van der Waals surface area contributed by atoms with Crippen LogP contribution in [0.2, 0.25) is 0 Å². The second-order valence-corrected chi connectivity index (χ2v) is 8.29. The fraction of sp³-hybridized carbons (Fsp3) is 0.789. The van der Waals surface area contributed by atoms with Crippen molar-refractivity contribution in [3.05, 3.63) is 18.1 Å². The molecule has 1 unspecified atom stereocenters. The van der Waals surface area contributed by atoms with E-state index in [2.05, 4.69) is 19.8 Å². The second-order valence-electron chi connectivity index (χ2n) is 8.29. The van der Waals surface area contributed by atoms with Crippen LogP contribution in [0.15, 0.2) is 12.4 Å². The van der Waals surface area contributed by atoms with Crippen molar-refractivity contribution in [3.8, 4) is 0 Å². The van der Waals surface area contributed by atoms with Gasteiger partial charge in [0, 0.05) is 44.4 Å². The Morgan fingerprint density at radius 1 is 1.18 bits per heavy atom. The van der Waals surface area contributed by atoms with Gasteiger partial charge in [0.2, 0.25) is 0 Å². The van der Waals surface area contributed by atoms with Gasteiger partial charge in [-0.15, -0.1) is 0 Å². The van der Waals surface area contributed by atoms with Crippen LogP contribution in [0.25, 0.3) is 0 Å². The molecule has 1 aliphatic carbocycles. The van der Waals surface area contributed by atoms with Crippen LogP contribution in [0.3, 0.4) is 0 Å². The molecule has 3 heterocycles. The predicted molar refractivity (Wildman–Crippen MR) is 97.0 cm³/mol. The van der Waals surface area contributed by atoms with E-state index in [9.17, 15) is 18.3 Å². The Morgan fingerprint density at radius 3 is 2.50 bits per heavy atom. The lowest BCUT2D eigenvalue weighted by molar-refractivity contribution is -0.141. The van der Waals surface area contributed by atoms with Gasteiger partial charge in [-0.25, -0.2) is 9.97 Å². The first-order valence-corrected chi connectivity index (χ1v) is 10.0. The fourth-order valence-corrected chi connectivity index (χ4v) is 4.40. The van der Waals surface area contributed by atoms with E-state index in [0.29, 0.717) is 25.6 Å². The summed E-state index contributed by atoms with van der Waals surface area (Å²) in [6.07, 6.45) is 1.85. The lowest BCUT2D eigenvalue weighted by atomic mass is 9.94. The van der Waals surface area contributed by atoms with Crippen molar-refractivity contribution >= 4 is 5.82 Å². The molecule has 0 spiro atoms. The highest BCUT2D eigenvalue weighted by Crippen LogP contribution is 2.37. The van der Waals surface area contributed by atoms with Crippen molar-refractivity contribution in [1.82, 2.24) is 14.9 Å². The van der Waals surface area contributed by atoms with E-state index in [1.165, 1.54) is 0 Å². The summed E-state index contributed by atoms with van der Waals surface area (Å²) in [5, 5.41) is 10.7. The van der Waals surface area contributed by atoms with Crippen molar-refractivity contribution in [2.45, 2.75) is 62.4 Å². The first kappa shape index (κ1) is 19.8. The smallest absolute Gasteiger partial charge is 0.386 e. The number of rotatable bonds is 5. The summed E-state index contributed by atoms with van der Waals surface area (Å²) in [7, 11) is 0. The van der Waals surface area contributed by atoms with Crippen LogP contribution in [0.4, 0.5) is 19.0 Å². The average molecular weight is 400 g/mol. The maximum atomic E-state index is 13.1. The van der Waals surface area contributed by atoms with Crippen LogP contribution in [0.5, 0.6) is 0 Å². The van der Waals surface area contributed by atoms with Crippen molar-refractivity contribution in [3.63, 3.8) is 0 Å². The molecule has 2 saturated heterocycles. The van der Waals surface area contributed by atoms with E-state index in [1.54, 1.807) is 0 Å². The third-order valence-electron chi connectivity index (χ3n) is 5.92. The fourth-order valence-electron chi connectivity index (χ4n) is 4.40. The van der Waals surface area contributed by atoms with E-state index in [-0.39, 0.29) is 12.1 Å². The van der Waals surface area contributed by atoms with Crippen molar-refractivity contribution < 1.29 is 23.0 Å². The van der Waals surface area contributed by atoms with E-state index in [4.69, 9.17) is 4.74 Å². The number of nitrogens with zero attached hydrogens (tertiary/aromatic N) is 4. The van der Waals surface area contributed by atoms with Gasteiger partial charge in [-0.1, -0.05) is 0 Å². The Labute approximate surface area is 162 Å². The van der Waals surface area contributed by atoms with Gasteiger partial charge >= 0.3 is 6.18 Å². The van der Waals surface area contributed by atoms with E-state index in [0.717, 1.165) is 64.0 Å². The van der Waals surface area contributed by atoms with E-state index in [1.807, 2.05) is 0 Å². The molecule has 3 fully saturated rings. The Kier molecular flexibility index (Phi) is 5.50. The number of halogens is 3. The maximum Gasteiger partial charge on any atom is 0.433 e. The summed E-state index contributed by atoms with van der Waals surface area (Å²) in [5.74, 6) is 0.377. The molecule has 1 aromatic rings. The highest BCUT2D eigenvalue weighted by atomic mass is 19.4. The Hall–Kier alpha value is -1.45. The van der Waals surface area contributed by atoms with Crippen molar-refractivity contribution in [1.29, 1.82) is 0 Å². The molecule has 1 N–H and O–H groups in total. The molecule has 9 heteroatoms. The molecule has 3 aliphatic rings. The molecule has 6 nitrogen and oxygen atoms in total. The molecule has 0 aromatic carbocycles. The zero-order chi connectivity index (χ0) is 19.8. The minimum atomic E-state index is -4.46. The van der Waals surface area contributed by atoms with Crippen LogP contribution in [0, 0.1) is 0 Å². The minimum Gasteiger partial charge on any atom is -0.386 e. The third kappa shape index (κ3) is 4.58. The molecular formula is C19H27F3N4O2. The summed E-state index contributed by atoms with van der Waals surface area (Å²) >= 11 is 0. The Bertz CT molecular complexity index is 669. The number of β-amino-alcohol motifs (C(OH)–C–C–N with tert-alkyl or cyclic N) is 1. The Balaban J connectivity index is 1.41. The number of ether oxygens (including phenoxy) is 1. The standard InChI is InChI=1S/C19H27F3N4O2/c20-19(21,22)16-10-17(24-13-23-16)26(14-2-3-14)15-4-7-25(8-5-15)11-18(27)6-1-9-28-12-18/h10,13-15,27H,1-9,11-12H2. The number of hydrogen-bond donors (Lipinski definition) is 1. The summed E-state index contributed by atoms with van der Waals surface area (Å²) < 4.78 is 44.6. The molecule has 1 saturated carbocycles. The minimum absolute atomic E-state index is 0.164. The summed E-state index contributed by atoms with van der Waals surface area (Å²) in [6, 6.07) is 1.51. The molecule has 156 valence electrons.